The molecule has 2 amide bonds. The van der Waals surface area contributed by atoms with E-state index in [0.717, 1.165) is 38.5 Å². The molecule has 0 heterocycles. The molecular weight excluding hydrogens is 875 g/mol. The van der Waals surface area contributed by atoms with E-state index in [2.05, 4.69) is 19.2 Å². The molecule has 67 heavy (non-hydrogen) atoms. The Labute approximate surface area is 410 Å². The molecule has 3 atom stereocenters. The van der Waals surface area contributed by atoms with Crippen molar-refractivity contribution in [2.75, 3.05) is 51.1 Å². The second kappa shape index (κ2) is 48.4. The molecule has 0 aromatic rings. The standard InChI is InChI=1S/C52H97N3O11S/c1-3-5-7-9-11-13-15-17-19-21-23-25-27-31-50(60)65-41-45(66-51(61)32-28-26-24-22-20-18-16-14-12-10-8-6-4-2)42-67-43-46(53)52(62)55-47(40-56)48(58)30-29-36-63-38-39-64-37-35-44(57)33-34-49(54)59/h45-47,56H,3-43,53H2,1-2H3,(H2,54,59)(H,55,62)/t45-,46+,47+/m1/s1. The third-order valence-electron chi connectivity index (χ3n) is 11.8. The van der Waals surface area contributed by atoms with Crippen molar-refractivity contribution in [2.45, 2.75) is 244 Å². The van der Waals surface area contributed by atoms with Crippen LogP contribution in [0.2, 0.25) is 0 Å². The van der Waals surface area contributed by atoms with Crippen LogP contribution in [0.1, 0.15) is 226 Å². The topological polar surface area (TPSA) is 224 Å². The van der Waals surface area contributed by atoms with Crippen LogP contribution >= 0.6 is 11.8 Å². The van der Waals surface area contributed by atoms with Gasteiger partial charge in [-0.2, -0.15) is 11.8 Å². The highest BCUT2D eigenvalue weighted by atomic mass is 32.2. The number of hydrogen-bond donors (Lipinski definition) is 4. The lowest BCUT2D eigenvalue weighted by molar-refractivity contribution is -0.157. The number of unbranched alkanes of at least 4 members (excludes halogenated alkanes) is 24. The third kappa shape index (κ3) is 44.4. The highest BCUT2D eigenvalue weighted by Crippen LogP contribution is 2.16. The molecule has 0 spiro atoms. The molecule has 0 radical (unpaired) electrons. The molecule has 6 N–H and O–H groups in total. The summed E-state index contributed by atoms with van der Waals surface area (Å²) in [6, 6.07) is -2.12. The van der Waals surface area contributed by atoms with Gasteiger partial charge in [-0.1, -0.05) is 168 Å². The zero-order chi connectivity index (χ0) is 49.4. The van der Waals surface area contributed by atoms with Crippen LogP contribution in [0.3, 0.4) is 0 Å². The number of thioether (sulfide) groups is 1. The first kappa shape index (κ1) is 64.4. The maximum Gasteiger partial charge on any atom is 0.306 e. The van der Waals surface area contributed by atoms with Crippen LogP contribution in [0.25, 0.3) is 0 Å². The first-order valence-corrected chi connectivity index (χ1v) is 27.8. The SMILES string of the molecule is CCCCCCCCCCCCCCCC(=O)OC[C@H](CSC[C@H](N)C(=O)N[C@@H](CO)C(=O)CCCOCCOCCC(=O)CCC(N)=O)OC(=O)CCCCCCCCCCCCCCC. The quantitative estimate of drug-likeness (QED) is 0.0330. The molecule has 0 saturated carbocycles. The molecule has 0 aromatic carbocycles. The smallest absolute Gasteiger partial charge is 0.306 e. The number of Topliss-reactive ketones (excluding diaryl/α,β-unsaturated/α-hetero) is 2. The van der Waals surface area contributed by atoms with Crippen LogP contribution in [-0.4, -0.2) is 110 Å². The van der Waals surface area contributed by atoms with E-state index >= 15 is 0 Å². The highest BCUT2D eigenvalue weighted by molar-refractivity contribution is 7.99. The van der Waals surface area contributed by atoms with Crippen molar-refractivity contribution in [2.24, 2.45) is 11.5 Å². The fraction of sp³-hybridized carbons (Fsp3) is 0.885. The fourth-order valence-corrected chi connectivity index (χ4v) is 8.49. The van der Waals surface area contributed by atoms with Gasteiger partial charge >= 0.3 is 11.9 Å². The van der Waals surface area contributed by atoms with Gasteiger partial charge in [0.05, 0.1) is 32.5 Å². The number of ketones is 2. The molecule has 0 aliphatic rings. The Kier molecular flexibility index (Phi) is 46.6. The van der Waals surface area contributed by atoms with E-state index in [9.17, 15) is 33.9 Å². The number of hydrogen-bond acceptors (Lipinski definition) is 13. The summed E-state index contributed by atoms with van der Waals surface area (Å²) in [5.74, 6) is -1.82. The van der Waals surface area contributed by atoms with Crippen LogP contribution < -0.4 is 16.8 Å². The number of carbonyl (C=O) groups excluding carboxylic acids is 6. The maximum absolute atomic E-state index is 12.9. The average Bonchev–Trinajstić information content (AvgIpc) is 3.31. The second-order valence-electron chi connectivity index (χ2n) is 18.2. The zero-order valence-electron chi connectivity index (χ0n) is 42.3. The van der Waals surface area contributed by atoms with E-state index in [0.29, 0.717) is 12.8 Å². The van der Waals surface area contributed by atoms with Crippen LogP contribution in [0.15, 0.2) is 0 Å². The zero-order valence-corrected chi connectivity index (χ0v) is 43.1. The van der Waals surface area contributed by atoms with Gasteiger partial charge in [-0.15, -0.1) is 0 Å². The predicted octanol–water partition coefficient (Wildman–Crippen LogP) is 9.55. The number of primary amides is 1. The van der Waals surface area contributed by atoms with Gasteiger partial charge in [-0.25, -0.2) is 0 Å². The van der Waals surface area contributed by atoms with Gasteiger partial charge in [-0.05, 0) is 19.3 Å². The summed E-state index contributed by atoms with van der Waals surface area (Å²) < 4.78 is 22.2. The van der Waals surface area contributed by atoms with Crippen molar-refractivity contribution < 1.29 is 52.8 Å². The van der Waals surface area contributed by atoms with E-state index in [1.165, 1.54) is 140 Å². The number of rotatable bonds is 52. The molecule has 0 bridgehead atoms. The molecule has 14 nitrogen and oxygen atoms in total. The molecule has 0 aliphatic carbocycles. The fourth-order valence-electron chi connectivity index (χ4n) is 7.52. The molecule has 0 fully saturated rings. The molecule has 0 aliphatic heterocycles. The lowest BCUT2D eigenvalue weighted by atomic mass is 10.0. The Morgan fingerprint density at radius 3 is 1.46 bits per heavy atom. The summed E-state index contributed by atoms with van der Waals surface area (Å²) >= 11 is 1.29. The Balaban J connectivity index is 4.67. The third-order valence-corrected chi connectivity index (χ3v) is 13.0. The second-order valence-corrected chi connectivity index (χ2v) is 19.3. The molecule has 392 valence electrons. The van der Waals surface area contributed by atoms with Gasteiger partial charge in [0.25, 0.3) is 0 Å². The van der Waals surface area contributed by atoms with E-state index in [-0.39, 0.29) is 100 Å². The minimum atomic E-state index is -1.12. The first-order valence-electron chi connectivity index (χ1n) is 26.6. The minimum Gasteiger partial charge on any atom is -0.462 e. The van der Waals surface area contributed by atoms with Crippen LogP contribution in [0.5, 0.6) is 0 Å². The summed E-state index contributed by atoms with van der Waals surface area (Å²) in [7, 11) is 0. The van der Waals surface area contributed by atoms with Gasteiger partial charge in [0.15, 0.2) is 5.78 Å². The van der Waals surface area contributed by atoms with Gasteiger partial charge in [-0.3, -0.25) is 28.8 Å². The van der Waals surface area contributed by atoms with Crippen LogP contribution in [-0.2, 0) is 47.7 Å². The molecular formula is C52H97N3O11S. The summed E-state index contributed by atoms with van der Waals surface area (Å²) in [5.41, 5.74) is 11.2. The number of ether oxygens (including phenoxy) is 4. The Hall–Kier alpha value is -2.59. The summed E-state index contributed by atoms with van der Waals surface area (Å²) in [6.45, 7) is 4.82. The highest BCUT2D eigenvalue weighted by Gasteiger charge is 2.24. The number of esters is 2. The maximum atomic E-state index is 12.9. The van der Waals surface area contributed by atoms with Crippen molar-refractivity contribution in [3.63, 3.8) is 0 Å². The van der Waals surface area contributed by atoms with Crippen molar-refractivity contribution >= 4 is 47.1 Å². The van der Waals surface area contributed by atoms with Crippen molar-refractivity contribution in [1.29, 1.82) is 0 Å². The summed E-state index contributed by atoms with van der Waals surface area (Å²) in [4.78, 5) is 73.7. The van der Waals surface area contributed by atoms with Gasteiger partial charge in [0, 0.05) is 56.6 Å². The number of nitrogens with one attached hydrogen (secondary N) is 1. The Morgan fingerprint density at radius 1 is 0.522 bits per heavy atom. The van der Waals surface area contributed by atoms with Crippen LogP contribution in [0, 0.1) is 0 Å². The normalized spacial score (nSPS) is 12.7. The van der Waals surface area contributed by atoms with Gasteiger partial charge in [0.2, 0.25) is 11.8 Å². The average molecular weight is 972 g/mol. The largest absolute Gasteiger partial charge is 0.462 e. The predicted molar refractivity (Wildman–Crippen MR) is 270 cm³/mol. The monoisotopic (exact) mass is 972 g/mol. The Bertz CT molecular complexity index is 1240. The molecule has 0 aromatic heterocycles. The van der Waals surface area contributed by atoms with Crippen molar-refractivity contribution in [1.82, 2.24) is 5.32 Å². The van der Waals surface area contributed by atoms with Crippen molar-refractivity contribution in [3.8, 4) is 0 Å². The van der Waals surface area contributed by atoms with E-state index in [4.69, 9.17) is 30.4 Å². The summed E-state index contributed by atoms with van der Waals surface area (Å²) in [6.07, 6.45) is 32.2. The van der Waals surface area contributed by atoms with E-state index in [1.807, 2.05) is 0 Å². The lowest BCUT2D eigenvalue weighted by Gasteiger charge is -2.20. The van der Waals surface area contributed by atoms with Gasteiger partial charge in [0.1, 0.15) is 24.5 Å². The Morgan fingerprint density at radius 2 is 0.985 bits per heavy atom. The molecule has 0 unspecified atom stereocenters. The molecule has 0 rings (SSSR count). The van der Waals surface area contributed by atoms with E-state index in [1.54, 1.807) is 0 Å². The first-order chi connectivity index (χ1) is 32.5. The number of carbonyl (C=O) groups is 6. The molecule has 0 saturated heterocycles. The number of aliphatic hydroxyl groups is 1. The minimum absolute atomic E-state index is 0.0218. The van der Waals surface area contributed by atoms with E-state index < -0.39 is 36.6 Å². The van der Waals surface area contributed by atoms with Gasteiger partial charge < -0.3 is 40.8 Å². The lowest BCUT2D eigenvalue weighted by Crippen LogP contribution is -2.51. The molecule has 15 heteroatoms. The number of nitrogens with two attached hydrogens (primary N) is 2. The van der Waals surface area contributed by atoms with Crippen molar-refractivity contribution in [3.05, 3.63) is 0 Å². The number of aliphatic hydroxyl groups excluding tert-OH is 1. The number of amides is 2. The summed E-state index contributed by atoms with van der Waals surface area (Å²) in [5, 5.41) is 12.4. The van der Waals surface area contributed by atoms with Crippen LogP contribution in [0.4, 0.5) is 0 Å².